The highest BCUT2D eigenvalue weighted by Gasteiger charge is 2.20. The van der Waals surface area contributed by atoms with Gasteiger partial charge in [0, 0.05) is 0 Å². The largest absolute Gasteiger partial charge is 0.466 e. The van der Waals surface area contributed by atoms with Crippen LogP contribution in [0.5, 0.6) is 0 Å². The maximum atomic E-state index is 12.3. The first-order chi connectivity index (χ1) is 23.6. The van der Waals surface area contributed by atoms with Crippen LogP contribution >= 0.6 is 7.80 Å². The molecule has 0 rings (SSSR count). The molecular weight excluding hydrogens is 615 g/mol. The Hall–Kier alpha value is -0.960. The van der Waals surface area contributed by atoms with Crippen LogP contribution in [-0.4, -0.2) is 37.5 Å². The number of esters is 2. The van der Waals surface area contributed by atoms with Crippen LogP contribution in [0.2, 0.25) is 0 Å². The molecule has 48 heavy (non-hydrogen) atoms. The second-order valence-corrected chi connectivity index (χ2v) is 16.3. The van der Waals surface area contributed by atoms with E-state index in [9.17, 15) is 14.2 Å². The molecule has 0 saturated heterocycles. The van der Waals surface area contributed by atoms with Crippen LogP contribution in [0.25, 0.3) is 0 Å². The van der Waals surface area contributed by atoms with Gasteiger partial charge in [0.1, 0.15) is 0 Å². The molecule has 0 aromatic heterocycles. The lowest BCUT2D eigenvalue weighted by atomic mass is 10.0. The number of unbranched alkanes of at least 4 members (excludes halogenated alkanes) is 30. The molecule has 0 unspecified atom stereocenters. The predicted molar refractivity (Wildman–Crippen MR) is 208 cm³/mol. The smallest absolute Gasteiger partial charge is 0.339 e. The van der Waals surface area contributed by atoms with Gasteiger partial charge in [0.05, 0.1) is 26.1 Å². The van der Waals surface area contributed by atoms with Crippen molar-refractivity contribution in [2.24, 2.45) is 0 Å². The highest BCUT2D eigenvalue weighted by molar-refractivity contribution is 7.44. The molecule has 0 atom stereocenters. The topological polar surface area (TPSA) is 69.7 Å². The Labute approximate surface area is 300 Å². The lowest BCUT2D eigenvalue weighted by Gasteiger charge is -2.05. The second-order valence-electron chi connectivity index (χ2n) is 14.5. The van der Waals surface area contributed by atoms with Crippen molar-refractivity contribution in [2.75, 3.05) is 25.5 Å². The van der Waals surface area contributed by atoms with Crippen LogP contribution in [0.1, 0.15) is 232 Å². The minimum Gasteiger partial charge on any atom is -0.466 e. The van der Waals surface area contributed by atoms with Gasteiger partial charge in [-0.2, -0.15) is 0 Å². The average Bonchev–Trinajstić information content (AvgIpc) is 3.09. The van der Waals surface area contributed by atoms with Crippen molar-refractivity contribution in [3.05, 3.63) is 0 Å². The van der Waals surface area contributed by atoms with Gasteiger partial charge >= 0.3 is 19.7 Å². The molecule has 0 aliphatic heterocycles. The van der Waals surface area contributed by atoms with E-state index in [1.807, 2.05) is 0 Å². The van der Waals surface area contributed by atoms with E-state index in [0.717, 1.165) is 25.7 Å². The molecule has 0 bridgehead atoms. The molecule has 284 valence electrons. The van der Waals surface area contributed by atoms with E-state index in [1.54, 1.807) is 0 Å². The molecule has 0 amide bonds. The Bertz CT molecular complexity index is 642. The van der Waals surface area contributed by atoms with Crippen molar-refractivity contribution >= 4 is 19.7 Å². The number of carbonyl (C=O) groups is 2. The minimum absolute atomic E-state index is 0.169. The Kier molecular flexibility index (Phi) is 39.7. The lowest BCUT2D eigenvalue weighted by molar-refractivity contribution is -0.144. The van der Waals surface area contributed by atoms with Crippen molar-refractivity contribution in [3.63, 3.8) is 0 Å². The molecule has 0 aliphatic rings. The highest BCUT2D eigenvalue weighted by Crippen LogP contribution is 2.23. The summed E-state index contributed by atoms with van der Waals surface area (Å²) in [6, 6.07) is 0. The zero-order valence-electron chi connectivity index (χ0n) is 32.4. The third-order valence-corrected chi connectivity index (χ3v) is 11.1. The number of hydrogen-bond donors (Lipinski definition) is 0. The summed E-state index contributed by atoms with van der Waals surface area (Å²) in [5.41, 5.74) is 0. The summed E-state index contributed by atoms with van der Waals surface area (Å²) in [7, 11) is -1.58. The zero-order valence-corrected chi connectivity index (χ0v) is 33.3. The molecule has 0 radical (unpaired) electrons. The molecule has 6 heteroatoms. The molecule has 0 fully saturated rings. The standard InChI is InChI=1S/C42H82O5P/c1-3-5-7-9-11-13-15-17-19-21-23-25-27-29-31-33-37-46-41(43)35-39-48(45)40-36-42(44)47-38-34-32-30-28-26-24-22-20-18-16-14-12-10-8-6-4-2/h3-40H2,1-2H3/q+1. The van der Waals surface area contributed by atoms with E-state index >= 15 is 0 Å². The Morgan fingerprint density at radius 1 is 0.354 bits per heavy atom. The summed E-state index contributed by atoms with van der Waals surface area (Å²) < 4.78 is 22.9. The summed E-state index contributed by atoms with van der Waals surface area (Å²) in [4.78, 5) is 24.0. The molecule has 0 N–H and O–H groups in total. The van der Waals surface area contributed by atoms with Crippen LogP contribution < -0.4 is 0 Å². The fourth-order valence-electron chi connectivity index (χ4n) is 6.36. The van der Waals surface area contributed by atoms with Crippen molar-refractivity contribution < 1.29 is 23.6 Å². The van der Waals surface area contributed by atoms with Crippen LogP contribution in [0.3, 0.4) is 0 Å². The first kappa shape index (κ1) is 47.0. The summed E-state index contributed by atoms with van der Waals surface area (Å²) in [5, 5.41) is 0. The highest BCUT2D eigenvalue weighted by atomic mass is 31.1. The van der Waals surface area contributed by atoms with Gasteiger partial charge in [-0.3, -0.25) is 9.59 Å². The number of hydrogen-bond acceptors (Lipinski definition) is 5. The van der Waals surface area contributed by atoms with E-state index < -0.39 is 7.80 Å². The summed E-state index contributed by atoms with van der Waals surface area (Å²) >= 11 is 0. The Balaban J connectivity index is 3.36. The van der Waals surface area contributed by atoms with Gasteiger partial charge in [-0.05, 0) is 12.8 Å². The SMILES string of the molecule is CCCCCCCCCCCCCCCCCCOC(=O)CC[P+](=O)CCC(=O)OCCCCCCCCCCCCCCCCCC. The first-order valence-electron chi connectivity index (χ1n) is 21.3. The monoisotopic (exact) mass is 698 g/mol. The molecular formula is C42H82O5P+. The Morgan fingerprint density at radius 2 is 0.562 bits per heavy atom. The van der Waals surface area contributed by atoms with Crippen molar-refractivity contribution in [3.8, 4) is 0 Å². The van der Waals surface area contributed by atoms with Crippen molar-refractivity contribution in [2.45, 2.75) is 232 Å². The third kappa shape index (κ3) is 39.5. The van der Waals surface area contributed by atoms with Gasteiger partial charge in [0.15, 0.2) is 12.3 Å². The van der Waals surface area contributed by atoms with Crippen LogP contribution in [0.15, 0.2) is 0 Å². The van der Waals surface area contributed by atoms with E-state index in [2.05, 4.69) is 13.8 Å². The van der Waals surface area contributed by atoms with Gasteiger partial charge in [-0.1, -0.05) is 211 Å². The molecule has 0 saturated carbocycles. The maximum Gasteiger partial charge on any atom is 0.339 e. The number of ether oxygens (including phenoxy) is 2. The van der Waals surface area contributed by atoms with Crippen molar-refractivity contribution in [1.82, 2.24) is 0 Å². The molecule has 0 aromatic carbocycles. The fraction of sp³-hybridized carbons (Fsp3) is 0.952. The minimum atomic E-state index is -1.58. The summed E-state index contributed by atoms with van der Waals surface area (Å²) in [6.07, 6.45) is 43.2. The third-order valence-electron chi connectivity index (χ3n) is 9.65. The zero-order chi connectivity index (χ0) is 35.0. The molecule has 0 aliphatic carbocycles. The van der Waals surface area contributed by atoms with E-state index in [-0.39, 0.29) is 24.8 Å². The molecule has 0 spiro atoms. The van der Waals surface area contributed by atoms with Crippen LogP contribution in [0, 0.1) is 0 Å². The van der Waals surface area contributed by atoms with Crippen molar-refractivity contribution in [1.29, 1.82) is 0 Å². The maximum absolute atomic E-state index is 12.3. The molecule has 5 nitrogen and oxygen atoms in total. The second kappa shape index (κ2) is 40.5. The fourth-order valence-corrected chi connectivity index (χ4v) is 7.45. The average molecular weight is 698 g/mol. The predicted octanol–water partition coefficient (Wildman–Crippen LogP) is 14.2. The summed E-state index contributed by atoms with van der Waals surface area (Å²) in [5.74, 6) is -0.546. The van der Waals surface area contributed by atoms with Crippen LogP contribution in [-0.2, 0) is 23.6 Å². The van der Waals surface area contributed by atoms with Gasteiger partial charge in [-0.15, -0.1) is 0 Å². The lowest BCUT2D eigenvalue weighted by Crippen LogP contribution is -2.09. The number of carbonyl (C=O) groups excluding carboxylic acids is 2. The molecule has 0 aromatic rings. The van der Waals surface area contributed by atoms with Gasteiger partial charge in [-0.25, -0.2) is 0 Å². The molecule has 0 heterocycles. The quantitative estimate of drug-likeness (QED) is 0.0362. The van der Waals surface area contributed by atoms with Crippen LogP contribution in [0.4, 0.5) is 0 Å². The number of rotatable bonds is 40. The van der Waals surface area contributed by atoms with Gasteiger partial charge in [0.25, 0.3) is 0 Å². The van der Waals surface area contributed by atoms with Gasteiger partial charge < -0.3 is 9.47 Å². The van der Waals surface area contributed by atoms with E-state index in [0.29, 0.717) is 25.5 Å². The normalized spacial score (nSPS) is 11.2. The Morgan fingerprint density at radius 3 is 0.792 bits per heavy atom. The van der Waals surface area contributed by atoms with Gasteiger partial charge in [0.2, 0.25) is 0 Å². The van der Waals surface area contributed by atoms with E-state index in [4.69, 9.17) is 9.47 Å². The summed E-state index contributed by atoms with van der Waals surface area (Å²) in [6.45, 7) is 5.47. The van der Waals surface area contributed by atoms with E-state index in [1.165, 1.54) is 180 Å². The first-order valence-corrected chi connectivity index (χ1v) is 23.0.